The zero-order chi connectivity index (χ0) is 13.3. The number of hydrogen-bond acceptors (Lipinski definition) is 3. The highest BCUT2D eigenvalue weighted by Gasteiger charge is 2.12. The lowest BCUT2D eigenvalue weighted by atomic mass is 10.3. The molecule has 0 heterocycles. The van der Waals surface area contributed by atoms with E-state index in [1.165, 1.54) is 0 Å². The standard InChI is InChI=1S/C10H21ClN2O3S/c1-3-13(4-2)10(14)6-8-12-17(15,16)9-5-7-11/h12H,3-9H2,1-2H3. The number of carbonyl (C=O) groups is 1. The number of rotatable bonds is 9. The van der Waals surface area contributed by atoms with Crippen molar-refractivity contribution < 1.29 is 13.2 Å². The fraction of sp³-hybridized carbons (Fsp3) is 0.900. The van der Waals surface area contributed by atoms with Crippen LogP contribution in [0.3, 0.4) is 0 Å². The monoisotopic (exact) mass is 284 g/mol. The summed E-state index contributed by atoms with van der Waals surface area (Å²) < 4.78 is 25.2. The Hall–Kier alpha value is -0.330. The molecule has 102 valence electrons. The maximum Gasteiger partial charge on any atom is 0.223 e. The molecular formula is C10H21ClN2O3S. The molecule has 0 bridgehead atoms. The average molecular weight is 285 g/mol. The summed E-state index contributed by atoms with van der Waals surface area (Å²) in [5.41, 5.74) is 0. The summed E-state index contributed by atoms with van der Waals surface area (Å²) in [6, 6.07) is 0. The number of halogens is 1. The van der Waals surface area contributed by atoms with E-state index < -0.39 is 10.0 Å². The predicted octanol–water partition coefficient (Wildman–Crippen LogP) is 0.793. The maximum atomic E-state index is 11.6. The van der Waals surface area contributed by atoms with Crippen molar-refractivity contribution in [3.8, 4) is 0 Å². The van der Waals surface area contributed by atoms with Crippen LogP contribution in [0.4, 0.5) is 0 Å². The molecule has 0 radical (unpaired) electrons. The molecule has 17 heavy (non-hydrogen) atoms. The van der Waals surface area contributed by atoms with Crippen LogP contribution in [0, 0.1) is 0 Å². The van der Waals surface area contributed by atoms with E-state index in [1.54, 1.807) is 4.90 Å². The van der Waals surface area contributed by atoms with Crippen LogP contribution < -0.4 is 4.72 Å². The van der Waals surface area contributed by atoms with Gasteiger partial charge in [0.1, 0.15) is 0 Å². The van der Waals surface area contributed by atoms with E-state index >= 15 is 0 Å². The van der Waals surface area contributed by atoms with E-state index in [1.807, 2.05) is 13.8 Å². The van der Waals surface area contributed by atoms with Crippen molar-refractivity contribution in [3.63, 3.8) is 0 Å². The summed E-state index contributed by atoms with van der Waals surface area (Å²) in [6.45, 7) is 5.24. The quantitative estimate of drug-likeness (QED) is 0.637. The second-order valence-electron chi connectivity index (χ2n) is 3.57. The first-order valence-electron chi connectivity index (χ1n) is 5.77. The predicted molar refractivity (Wildman–Crippen MR) is 69.7 cm³/mol. The van der Waals surface area contributed by atoms with Crippen LogP contribution >= 0.6 is 11.6 Å². The Balaban J connectivity index is 3.94. The fourth-order valence-corrected chi connectivity index (χ4v) is 2.74. The van der Waals surface area contributed by atoms with Crippen LogP contribution in [0.5, 0.6) is 0 Å². The van der Waals surface area contributed by atoms with E-state index in [-0.39, 0.29) is 24.6 Å². The number of hydrogen-bond donors (Lipinski definition) is 1. The molecule has 0 spiro atoms. The Labute approximate surface area is 109 Å². The molecule has 7 heteroatoms. The highest BCUT2D eigenvalue weighted by Crippen LogP contribution is 1.95. The number of amides is 1. The number of carbonyl (C=O) groups excluding carboxylic acids is 1. The van der Waals surface area contributed by atoms with E-state index in [4.69, 9.17) is 11.6 Å². The minimum Gasteiger partial charge on any atom is -0.343 e. The zero-order valence-electron chi connectivity index (χ0n) is 10.4. The first-order valence-corrected chi connectivity index (χ1v) is 7.96. The number of sulfonamides is 1. The molecule has 0 fully saturated rings. The third kappa shape index (κ3) is 7.57. The molecule has 0 saturated heterocycles. The Bertz CT molecular complexity index is 316. The van der Waals surface area contributed by atoms with Crippen molar-refractivity contribution in [2.75, 3.05) is 31.3 Å². The highest BCUT2D eigenvalue weighted by atomic mass is 35.5. The molecule has 0 aliphatic carbocycles. The van der Waals surface area contributed by atoms with Crippen LogP contribution in [0.15, 0.2) is 0 Å². The molecule has 1 amide bonds. The third-order valence-corrected chi connectivity index (χ3v) is 4.06. The van der Waals surface area contributed by atoms with Gasteiger partial charge in [0.25, 0.3) is 0 Å². The van der Waals surface area contributed by atoms with Crippen LogP contribution in [-0.4, -0.2) is 50.5 Å². The average Bonchev–Trinajstić information content (AvgIpc) is 2.28. The number of nitrogens with zero attached hydrogens (tertiary/aromatic N) is 1. The largest absolute Gasteiger partial charge is 0.343 e. The molecule has 5 nitrogen and oxygen atoms in total. The van der Waals surface area contributed by atoms with Crippen molar-refractivity contribution >= 4 is 27.5 Å². The van der Waals surface area contributed by atoms with Crippen LogP contribution in [-0.2, 0) is 14.8 Å². The molecule has 0 aromatic heterocycles. The first kappa shape index (κ1) is 16.7. The van der Waals surface area contributed by atoms with Gasteiger partial charge in [-0.05, 0) is 20.3 Å². The summed E-state index contributed by atoms with van der Waals surface area (Å²) in [7, 11) is -3.28. The van der Waals surface area contributed by atoms with Gasteiger partial charge in [-0.25, -0.2) is 13.1 Å². The second-order valence-corrected chi connectivity index (χ2v) is 5.88. The van der Waals surface area contributed by atoms with Gasteiger partial charge >= 0.3 is 0 Å². The van der Waals surface area contributed by atoms with Crippen molar-refractivity contribution in [2.24, 2.45) is 0 Å². The smallest absolute Gasteiger partial charge is 0.223 e. The van der Waals surface area contributed by atoms with E-state index in [9.17, 15) is 13.2 Å². The lowest BCUT2D eigenvalue weighted by Gasteiger charge is -2.18. The lowest BCUT2D eigenvalue weighted by Crippen LogP contribution is -2.35. The van der Waals surface area contributed by atoms with Gasteiger partial charge in [0.15, 0.2) is 0 Å². The molecule has 0 aromatic carbocycles. The Morgan fingerprint density at radius 3 is 2.35 bits per heavy atom. The van der Waals surface area contributed by atoms with Crippen molar-refractivity contribution in [3.05, 3.63) is 0 Å². The molecule has 0 unspecified atom stereocenters. The van der Waals surface area contributed by atoms with Crippen LogP contribution in [0.25, 0.3) is 0 Å². The summed E-state index contributed by atoms with van der Waals surface area (Å²) >= 11 is 5.42. The van der Waals surface area contributed by atoms with Gasteiger partial charge in [-0.3, -0.25) is 4.79 Å². The van der Waals surface area contributed by atoms with Crippen LogP contribution in [0.2, 0.25) is 0 Å². The minimum atomic E-state index is -3.28. The Morgan fingerprint density at radius 2 is 1.88 bits per heavy atom. The summed E-state index contributed by atoms with van der Waals surface area (Å²) in [6.07, 6.45) is 0.614. The zero-order valence-corrected chi connectivity index (χ0v) is 12.0. The topological polar surface area (TPSA) is 66.5 Å². The summed E-state index contributed by atoms with van der Waals surface area (Å²) in [5.74, 6) is 0.296. The van der Waals surface area contributed by atoms with Crippen molar-refractivity contribution in [1.29, 1.82) is 0 Å². The van der Waals surface area contributed by atoms with Gasteiger partial charge in [0, 0.05) is 31.9 Å². The normalized spacial score (nSPS) is 11.5. The summed E-state index contributed by atoms with van der Waals surface area (Å²) in [4.78, 5) is 13.2. The maximum absolute atomic E-state index is 11.6. The number of alkyl halides is 1. The van der Waals surface area contributed by atoms with Gasteiger partial charge in [0.05, 0.1) is 5.75 Å². The van der Waals surface area contributed by atoms with Gasteiger partial charge in [-0.15, -0.1) is 11.6 Å². The highest BCUT2D eigenvalue weighted by molar-refractivity contribution is 7.89. The van der Waals surface area contributed by atoms with E-state index in [2.05, 4.69) is 4.72 Å². The van der Waals surface area contributed by atoms with Crippen molar-refractivity contribution in [1.82, 2.24) is 9.62 Å². The fourth-order valence-electron chi connectivity index (χ4n) is 1.36. The molecule has 0 aromatic rings. The van der Waals surface area contributed by atoms with Gasteiger partial charge in [-0.1, -0.05) is 0 Å². The minimum absolute atomic E-state index is 0.00988. The lowest BCUT2D eigenvalue weighted by molar-refractivity contribution is -0.130. The van der Waals surface area contributed by atoms with Crippen LogP contribution in [0.1, 0.15) is 26.7 Å². The molecular weight excluding hydrogens is 264 g/mol. The Morgan fingerprint density at radius 1 is 1.29 bits per heavy atom. The second kappa shape index (κ2) is 8.72. The van der Waals surface area contributed by atoms with E-state index in [0.717, 1.165) is 0 Å². The molecule has 0 aliphatic rings. The van der Waals surface area contributed by atoms with Gasteiger partial charge in [0.2, 0.25) is 15.9 Å². The Kier molecular flexibility index (Phi) is 8.55. The SMILES string of the molecule is CCN(CC)C(=O)CCNS(=O)(=O)CCCCl. The molecule has 0 saturated carbocycles. The molecule has 0 atom stereocenters. The third-order valence-electron chi connectivity index (χ3n) is 2.32. The molecule has 0 rings (SSSR count). The molecule has 1 N–H and O–H groups in total. The van der Waals surface area contributed by atoms with Gasteiger partial charge < -0.3 is 4.90 Å². The molecule has 0 aliphatic heterocycles. The summed E-state index contributed by atoms with van der Waals surface area (Å²) in [5, 5.41) is 0. The van der Waals surface area contributed by atoms with E-state index in [0.29, 0.717) is 25.4 Å². The van der Waals surface area contributed by atoms with Crippen molar-refractivity contribution in [2.45, 2.75) is 26.7 Å². The first-order chi connectivity index (χ1) is 7.96. The van der Waals surface area contributed by atoms with Gasteiger partial charge in [-0.2, -0.15) is 0 Å². The number of nitrogens with one attached hydrogen (secondary N) is 1.